The number of pyridine rings is 1. The monoisotopic (exact) mass is 339 g/mol. The third-order valence-corrected chi connectivity index (χ3v) is 4.51. The van der Waals surface area contributed by atoms with Gasteiger partial charge in [0.25, 0.3) is 0 Å². The molecule has 2 aromatic rings. The molecule has 1 aliphatic heterocycles. The largest absolute Gasteiger partial charge is 0.355 e. The fourth-order valence-electron chi connectivity index (χ4n) is 3.25. The van der Waals surface area contributed by atoms with Crippen LogP contribution in [0.4, 0.5) is 5.95 Å². The summed E-state index contributed by atoms with van der Waals surface area (Å²) in [6.07, 6.45) is 6.28. The van der Waals surface area contributed by atoms with Crippen LogP contribution in [0, 0.1) is 19.8 Å². The lowest BCUT2D eigenvalue weighted by Gasteiger charge is -2.32. The maximum Gasteiger partial charge on any atom is 0.225 e. The van der Waals surface area contributed by atoms with Crippen molar-refractivity contribution < 1.29 is 4.79 Å². The van der Waals surface area contributed by atoms with Gasteiger partial charge in [0.1, 0.15) is 0 Å². The second-order valence-electron chi connectivity index (χ2n) is 6.63. The molecule has 3 heterocycles. The molecule has 1 aliphatic rings. The van der Waals surface area contributed by atoms with E-state index in [2.05, 4.69) is 25.2 Å². The molecule has 132 valence electrons. The van der Waals surface area contributed by atoms with Crippen molar-refractivity contribution in [3.63, 3.8) is 0 Å². The predicted molar refractivity (Wildman–Crippen MR) is 97.4 cm³/mol. The number of nitrogens with one attached hydrogen (secondary N) is 1. The molecule has 3 rings (SSSR count). The normalized spacial score (nSPS) is 17.4. The summed E-state index contributed by atoms with van der Waals surface area (Å²) in [5.74, 6) is 0.866. The van der Waals surface area contributed by atoms with Crippen molar-refractivity contribution in [2.45, 2.75) is 33.1 Å². The van der Waals surface area contributed by atoms with Gasteiger partial charge < -0.3 is 10.2 Å². The van der Waals surface area contributed by atoms with Crippen molar-refractivity contribution in [3.05, 3.63) is 47.5 Å². The van der Waals surface area contributed by atoms with Gasteiger partial charge in [0.05, 0.1) is 5.92 Å². The van der Waals surface area contributed by atoms with Gasteiger partial charge in [-0.2, -0.15) is 0 Å². The fourth-order valence-corrected chi connectivity index (χ4v) is 3.25. The summed E-state index contributed by atoms with van der Waals surface area (Å²) in [6, 6.07) is 5.93. The first-order valence-electron chi connectivity index (χ1n) is 8.85. The van der Waals surface area contributed by atoms with E-state index < -0.39 is 0 Å². The number of amides is 1. The van der Waals surface area contributed by atoms with Gasteiger partial charge in [-0.25, -0.2) is 9.97 Å². The molecular formula is C19H25N5O. The average molecular weight is 339 g/mol. The van der Waals surface area contributed by atoms with Crippen LogP contribution in [0.2, 0.25) is 0 Å². The standard InChI is InChI=1S/C19H25N5O/c1-14-12-15(2)23-19(22-14)24-11-3-4-17(13-24)18(25)21-10-7-16-5-8-20-9-6-16/h5-6,8-9,12,17H,3-4,7,10-11,13H2,1-2H3,(H,21,25)/t17-/m1/s1. The molecule has 6 heteroatoms. The third-order valence-electron chi connectivity index (χ3n) is 4.51. The van der Waals surface area contributed by atoms with E-state index in [4.69, 9.17) is 0 Å². The fraction of sp³-hybridized carbons (Fsp3) is 0.474. The number of hydrogen-bond donors (Lipinski definition) is 1. The number of aryl methyl sites for hydroxylation is 2. The molecule has 1 atom stereocenters. The minimum atomic E-state index is -0.00407. The van der Waals surface area contributed by atoms with E-state index in [1.165, 1.54) is 5.56 Å². The highest BCUT2D eigenvalue weighted by molar-refractivity contribution is 5.79. The lowest BCUT2D eigenvalue weighted by atomic mass is 9.97. The van der Waals surface area contributed by atoms with Crippen molar-refractivity contribution in [3.8, 4) is 0 Å². The number of rotatable bonds is 5. The van der Waals surface area contributed by atoms with Crippen LogP contribution < -0.4 is 10.2 Å². The number of carbonyl (C=O) groups is 1. The zero-order valence-corrected chi connectivity index (χ0v) is 14.9. The van der Waals surface area contributed by atoms with Gasteiger partial charge in [0, 0.05) is 43.4 Å². The van der Waals surface area contributed by atoms with Crippen LogP contribution in [-0.4, -0.2) is 40.5 Å². The minimum Gasteiger partial charge on any atom is -0.355 e. The molecule has 0 saturated carbocycles. The molecule has 25 heavy (non-hydrogen) atoms. The first kappa shape index (κ1) is 17.3. The Morgan fingerprint density at radius 1 is 1.24 bits per heavy atom. The van der Waals surface area contributed by atoms with Gasteiger partial charge in [-0.05, 0) is 56.9 Å². The zero-order chi connectivity index (χ0) is 17.6. The highest BCUT2D eigenvalue weighted by atomic mass is 16.1. The summed E-state index contributed by atoms with van der Waals surface area (Å²) in [4.78, 5) is 27.7. The van der Waals surface area contributed by atoms with Crippen LogP contribution in [0.25, 0.3) is 0 Å². The maximum absolute atomic E-state index is 12.5. The van der Waals surface area contributed by atoms with Crippen molar-refractivity contribution >= 4 is 11.9 Å². The Morgan fingerprint density at radius 2 is 1.96 bits per heavy atom. The quantitative estimate of drug-likeness (QED) is 0.903. The molecule has 0 aromatic carbocycles. The van der Waals surface area contributed by atoms with Crippen molar-refractivity contribution in [2.24, 2.45) is 5.92 Å². The second kappa shape index (κ2) is 8.05. The van der Waals surface area contributed by atoms with Crippen LogP contribution in [0.15, 0.2) is 30.6 Å². The molecule has 1 amide bonds. The third kappa shape index (κ3) is 4.75. The zero-order valence-electron chi connectivity index (χ0n) is 14.9. The van der Waals surface area contributed by atoms with Crippen molar-refractivity contribution in [1.82, 2.24) is 20.3 Å². The molecule has 0 radical (unpaired) electrons. The number of hydrogen-bond acceptors (Lipinski definition) is 5. The summed E-state index contributed by atoms with van der Waals surface area (Å²) in [5.41, 5.74) is 3.11. The number of aromatic nitrogens is 3. The molecule has 0 unspecified atom stereocenters. The number of carbonyl (C=O) groups excluding carboxylic acids is 1. The van der Waals surface area contributed by atoms with Gasteiger partial charge in [-0.15, -0.1) is 0 Å². The lowest BCUT2D eigenvalue weighted by Crippen LogP contribution is -2.44. The summed E-state index contributed by atoms with van der Waals surface area (Å²) >= 11 is 0. The van der Waals surface area contributed by atoms with Crippen LogP contribution >= 0.6 is 0 Å². The molecule has 1 N–H and O–H groups in total. The average Bonchev–Trinajstić information content (AvgIpc) is 2.62. The summed E-state index contributed by atoms with van der Waals surface area (Å²) in [7, 11) is 0. The van der Waals surface area contributed by atoms with Crippen LogP contribution in [-0.2, 0) is 11.2 Å². The SMILES string of the molecule is Cc1cc(C)nc(N2CCC[C@@H](C(=O)NCCc3ccncc3)C2)n1. The van der Waals surface area contributed by atoms with Gasteiger partial charge >= 0.3 is 0 Å². The van der Waals surface area contributed by atoms with Crippen LogP contribution in [0.1, 0.15) is 29.8 Å². The number of piperidine rings is 1. The van der Waals surface area contributed by atoms with Gasteiger partial charge in [-0.1, -0.05) is 0 Å². The van der Waals surface area contributed by atoms with Crippen molar-refractivity contribution in [2.75, 3.05) is 24.5 Å². The van der Waals surface area contributed by atoms with E-state index in [-0.39, 0.29) is 11.8 Å². The summed E-state index contributed by atoms with van der Waals surface area (Å²) in [6.45, 7) is 6.20. The predicted octanol–water partition coefficient (Wildman–Crippen LogP) is 2.06. The second-order valence-corrected chi connectivity index (χ2v) is 6.63. The molecular weight excluding hydrogens is 314 g/mol. The first-order valence-corrected chi connectivity index (χ1v) is 8.85. The molecule has 0 aliphatic carbocycles. The first-order chi connectivity index (χ1) is 12.1. The Labute approximate surface area is 148 Å². The molecule has 1 saturated heterocycles. The molecule has 1 fully saturated rings. The smallest absolute Gasteiger partial charge is 0.225 e. The maximum atomic E-state index is 12.5. The van der Waals surface area contributed by atoms with E-state index >= 15 is 0 Å². The van der Waals surface area contributed by atoms with Crippen LogP contribution in [0.5, 0.6) is 0 Å². The Bertz CT molecular complexity index is 699. The van der Waals surface area contributed by atoms with E-state index in [1.54, 1.807) is 12.4 Å². The Morgan fingerprint density at radius 3 is 2.68 bits per heavy atom. The molecule has 2 aromatic heterocycles. The summed E-state index contributed by atoms with van der Waals surface area (Å²) < 4.78 is 0. The minimum absolute atomic E-state index is 0.00407. The molecule has 0 spiro atoms. The Balaban J connectivity index is 1.54. The van der Waals surface area contributed by atoms with Gasteiger partial charge in [-0.3, -0.25) is 9.78 Å². The molecule has 6 nitrogen and oxygen atoms in total. The highest BCUT2D eigenvalue weighted by Crippen LogP contribution is 2.21. The van der Waals surface area contributed by atoms with E-state index in [0.717, 1.165) is 43.1 Å². The lowest BCUT2D eigenvalue weighted by molar-refractivity contribution is -0.125. The Hall–Kier alpha value is -2.50. The topological polar surface area (TPSA) is 71.0 Å². The van der Waals surface area contributed by atoms with Crippen LogP contribution in [0.3, 0.4) is 0 Å². The van der Waals surface area contributed by atoms with E-state index in [1.807, 2.05) is 32.0 Å². The number of nitrogens with zero attached hydrogens (tertiary/aromatic N) is 4. The van der Waals surface area contributed by atoms with Crippen molar-refractivity contribution in [1.29, 1.82) is 0 Å². The van der Waals surface area contributed by atoms with E-state index in [9.17, 15) is 4.79 Å². The van der Waals surface area contributed by atoms with Gasteiger partial charge in [0.2, 0.25) is 11.9 Å². The molecule has 0 bridgehead atoms. The number of anilines is 1. The summed E-state index contributed by atoms with van der Waals surface area (Å²) in [5, 5.41) is 3.07. The van der Waals surface area contributed by atoms with E-state index in [0.29, 0.717) is 13.1 Å². The highest BCUT2D eigenvalue weighted by Gasteiger charge is 2.27. The van der Waals surface area contributed by atoms with Gasteiger partial charge in [0.15, 0.2) is 0 Å². The Kier molecular flexibility index (Phi) is 5.58.